The Morgan fingerprint density at radius 1 is 1.44 bits per heavy atom. The van der Waals surface area contributed by atoms with E-state index in [0.717, 1.165) is 22.2 Å². The summed E-state index contributed by atoms with van der Waals surface area (Å²) in [5.74, 6) is 1.67. The summed E-state index contributed by atoms with van der Waals surface area (Å²) in [6.07, 6.45) is 0.567. The molecule has 2 rings (SSSR count). The molecule has 0 aliphatic carbocycles. The van der Waals surface area contributed by atoms with Gasteiger partial charge in [-0.05, 0) is 32.9 Å². The van der Waals surface area contributed by atoms with Crippen LogP contribution >= 0.6 is 11.3 Å². The van der Waals surface area contributed by atoms with Gasteiger partial charge in [0, 0.05) is 11.8 Å². The van der Waals surface area contributed by atoms with Gasteiger partial charge in [0.2, 0.25) is 0 Å². The fourth-order valence-corrected chi connectivity index (χ4v) is 2.45. The van der Waals surface area contributed by atoms with Gasteiger partial charge in [0.1, 0.15) is 11.5 Å². The van der Waals surface area contributed by atoms with Gasteiger partial charge in [-0.15, -0.1) is 11.3 Å². The highest BCUT2D eigenvalue weighted by Crippen LogP contribution is 2.25. The van der Waals surface area contributed by atoms with Gasteiger partial charge >= 0.3 is 0 Å². The van der Waals surface area contributed by atoms with Gasteiger partial charge in [0.15, 0.2) is 5.76 Å². The maximum Gasteiger partial charge on any atom is 0.153 e. The Labute approximate surface area is 98.8 Å². The van der Waals surface area contributed by atoms with Gasteiger partial charge in [-0.2, -0.15) is 0 Å². The molecule has 16 heavy (non-hydrogen) atoms. The Hall–Kier alpha value is -1.13. The predicted octanol–water partition coefficient (Wildman–Crippen LogP) is 3.02. The third-order valence-corrected chi connectivity index (χ3v) is 2.98. The highest BCUT2D eigenvalue weighted by molar-refractivity contribution is 7.09. The standard InChI is InChI=1S/C12H15NO2S/c1-8-4-5-10(15-8)9-7-16-11(13-9)6-12(2,3)14/h4-5,7,14H,6H2,1-3H3. The zero-order valence-corrected chi connectivity index (χ0v) is 10.5. The molecule has 1 N–H and O–H groups in total. The summed E-state index contributed by atoms with van der Waals surface area (Å²) in [7, 11) is 0. The van der Waals surface area contributed by atoms with Crippen molar-refractivity contribution in [3.05, 3.63) is 28.3 Å². The van der Waals surface area contributed by atoms with Crippen LogP contribution in [-0.2, 0) is 6.42 Å². The van der Waals surface area contributed by atoms with Crippen molar-refractivity contribution in [2.24, 2.45) is 0 Å². The lowest BCUT2D eigenvalue weighted by molar-refractivity contribution is 0.0809. The summed E-state index contributed by atoms with van der Waals surface area (Å²) in [6, 6.07) is 3.84. The quantitative estimate of drug-likeness (QED) is 0.892. The minimum absolute atomic E-state index is 0.567. The van der Waals surface area contributed by atoms with E-state index in [9.17, 15) is 5.11 Å². The lowest BCUT2D eigenvalue weighted by Crippen LogP contribution is -2.21. The molecule has 0 radical (unpaired) electrons. The zero-order chi connectivity index (χ0) is 11.8. The van der Waals surface area contributed by atoms with Crippen molar-refractivity contribution < 1.29 is 9.52 Å². The normalized spacial score (nSPS) is 12.0. The number of hydrogen-bond donors (Lipinski definition) is 1. The molecule has 0 unspecified atom stereocenters. The predicted molar refractivity (Wildman–Crippen MR) is 64.6 cm³/mol. The van der Waals surface area contributed by atoms with E-state index in [1.165, 1.54) is 0 Å². The molecule has 0 bridgehead atoms. The molecular weight excluding hydrogens is 222 g/mol. The second-order valence-electron chi connectivity index (χ2n) is 4.53. The van der Waals surface area contributed by atoms with Gasteiger partial charge in [-0.25, -0.2) is 4.98 Å². The average molecular weight is 237 g/mol. The van der Waals surface area contributed by atoms with Crippen LogP contribution in [0.25, 0.3) is 11.5 Å². The first-order valence-corrected chi connectivity index (χ1v) is 6.06. The maximum absolute atomic E-state index is 9.70. The van der Waals surface area contributed by atoms with Crippen LogP contribution in [0.4, 0.5) is 0 Å². The number of hydrogen-bond acceptors (Lipinski definition) is 4. The van der Waals surface area contributed by atoms with E-state index in [2.05, 4.69) is 4.98 Å². The van der Waals surface area contributed by atoms with Gasteiger partial charge < -0.3 is 9.52 Å². The molecule has 3 nitrogen and oxygen atoms in total. The summed E-state index contributed by atoms with van der Waals surface area (Å²) in [5, 5.41) is 12.6. The average Bonchev–Trinajstić information content (AvgIpc) is 2.71. The van der Waals surface area contributed by atoms with Crippen molar-refractivity contribution in [1.29, 1.82) is 0 Å². The van der Waals surface area contributed by atoms with Gasteiger partial charge in [-0.1, -0.05) is 0 Å². The lowest BCUT2D eigenvalue weighted by atomic mass is 10.1. The zero-order valence-electron chi connectivity index (χ0n) is 9.65. The smallest absolute Gasteiger partial charge is 0.153 e. The van der Waals surface area contributed by atoms with Crippen LogP contribution in [0.1, 0.15) is 24.6 Å². The van der Waals surface area contributed by atoms with E-state index in [1.807, 2.05) is 24.4 Å². The van der Waals surface area contributed by atoms with Crippen molar-refractivity contribution in [2.75, 3.05) is 0 Å². The van der Waals surface area contributed by atoms with Crippen LogP contribution in [0.3, 0.4) is 0 Å². The number of thiazole rings is 1. The second-order valence-corrected chi connectivity index (χ2v) is 5.47. The molecule has 0 aliphatic heterocycles. The van der Waals surface area contributed by atoms with Crippen molar-refractivity contribution in [2.45, 2.75) is 32.8 Å². The van der Waals surface area contributed by atoms with Crippen LogP contribution in [-0.4, -0.2) is 15.7 Å². The Bertz CT molecular complexity index is 479. The highest BCUT2D eigenvalue weighted by Gasteiger charge is 2.17. The number of nitrogens with zero attached hydrogens (tertiary/aromatic N) is 1. The van der Waals surface area contributed by atoms with Gasteiger partial charge in [-0.3, -0.25) is 0 Å². The monoisotopic (exact) mass is 237 g/mol. The minimum Gasteiger partial charge on any atom is -0.460 e. The largest absolute Gasteiger partial charge is 0.460 e. The Balaban J connectivity index is 2.20. The van der Waals surface area contributed by atoms with Crippen LogP contribution in [0.2, 0.25) is 0 Å². The second kappa shape index (κ2) is 4.03. The fraction of sp³-hybridized carbons (Fsp3) is 0.417. The molecule has 0 aliphatic rings. The van der Waals surface area contributed by atoms with E-state index >= 15 is 0 Å². The Kier molecular flexibility index (Phi) is 2.86. The third-order valence-electron chi connectivity index (χ3n) is 2.13. The van der Waals surface area contributed by atoms with E-state index in [0.29, 0.717) is 6.42 Å². The number of aliphatic hydroxyl groups is 1. The van der Waals surface area contributed by atoms with E-state index in [4.69, 9.17) is 4.42 Å². The van der Waals surface area contributed by atoms with Crippen LogP contribution < -0.4 is 0 Å². The molecule has 0 atom stereocenters. The summed E-state index contributed by atoms with van der Waals surface area (Å²) in [6.45, 7) is 5.48. The van der Waals surface area contributed by atoms with Crippen molar-refractivity contribution in [3.63, 3.8) is 0 Å². The summed E-state index contributed by atoms with van der Waals surface area (Å²) in [4.78, 5) is 4.44. The highest BCUT2D eigenvalue weighted by atomic mass is 32.1. The van der Waals surface area contributed by atoms with Crippen molar-refractivity contribution >= 4 is 11.3 Å². The number of aromatic nitrogens is 1. The van der Waals surface area contributed by atoms with Gasteiger partial charge in [0.05, 0.1) is 10.6 Å². The van der Waals surface area contributed by atoms with Gasteiger partial charge in [0.25, 0.3) is 0 Å². The Morgan fingerprint density at radius 2 is 2.19 bits per heavy atom. The molecule has 86 valence electrons. The van der Waals surface area contributed by atoms with Crippen molar-refractivity contribution in [3.8, 4) is 11.5 Å². The molecule has 2 aromatic rings. The Morgan fingerprint density at radius 3 is 2.75 bits per heavy atom. The molecule has 4 heteroatoms. The first kappa shape index (κ1) is 11.4. The lowest BCUT2D eigenvalue weighted by Gasteiger charge is -2.14. The SMILES string of the molecule is Cc1ccc(-c2csc(CC(C)(C)O)n2)o1. The third kappa shape index (κ3) is 2.71. The van der Waals surface area contributed by atoms with Crippen LogP contribution in [0.5, 0.6) is 0 Å². The summed E-state index contributed by atoms with van der Waals surface area (Å²) in [5.41, 5.74) is 0.131. The molecule has 0 fully saturated rings. The molecule has 2 aromatic heterocycles. The number of aryl methyl sites for hydroxylation is 1. The maximum atomic E-state index is 9.70. The molecule has 0 saturated carbocycles. The number of furan rings is 1. The van der Waals surface area contributed by atoms with Crippen LogP contribution in [0, 0.1) is 6.92 Å². The fourth-order valence-electron chi connectivity index (χ4n) is 1.45. The molecule has 0 spiro atoms. The van der Waals surface area contributed by atoms with E-state index in [1.54, 1.807) is 25.2 Å². The van der Waals surface area contributed by atoms with Crippen molar-refractivity contribution in [1.82, 2.24) is 4.98 Å². The first-order valence-electron chi connectivity index (χ1n) is 5.18. The summed E-state index contributed by atoms with van der Waals surface area (Å²) < 4.78 is 5.49. The van der Waals surface area contributed by atoms with Crippen LogP contribution in [0.15, 0.2) is 21.9 Å². The van der Waals surface area contributed by atoms with E-state index in [-0.39, 0.29) is 0 Å². The van der Waals surface area contributed by atoms with E-state index < -0.39 is 5.60 Å². The molecule has 0 saturated heterocycles. The number of rotatable bonds is 3. The minimum atomic E-state index is -0.714. The molecule has 2 heterocycles. The summed E-state index contributed by atoms with van der Waals surface area (Å²) >= 11 is 1.55. The topological polar surface area (TPSA) is 46.3 Å². The first-order chi connectivity index (χ1) is 7.44. The molecule has 0 amide bonds. The molecule has 0 aromatic carbocycles. The molecular formula is C12H15NO2S.